The Labute approximate surface area is 106 Å². The highest BCUT2D eigenvalue weighted by atomic mass is 16.5. The maximum atomic E-state index is 12.3. The van der Waals surface area contributed by atoms with Gasteiger partial charge in [-0.15, -0.1) is 0 Å². The Hall–Kier alpha value is -1.30. The molecule has 0 aromatic heterocycles. The summed E-state index contributed by atoms with van der Waals surface area (Å²) in [5.74, 6) is -1.23. The molecule has 0 aromatic rings. The van der Waals surface area contributed by atoms with Gasteiger partial charge in [-0.1, -0.05) is 0 Å². The van der Waals surface area contributed by atoms with Crippen LogP contribution in [-0.4, -0.2) is 65.3 Å². The minimum atomic E-state index is -0.811. The van der Waals surface area contributed by atoms with E-state index in [9.17, 15) is 9.59 Å². The molecule has 2 rings (SSSR count). The van der Waals surface area contributed by atoms with Crippen LogP contribution in [0.15, 0.2) is 0 Å². The van der Waals surface area contributed by atoms with Crippen LogP contribution in [0.5, 0.6) is 0 Å². The van der Waals surface area contributed by atoms with Gasteiger partial charge in [0.15, 0.2) is 0 Å². The average Bonchev–Trinajstić information content (AvgIpc) is 2.81. The van der Waals surface area contributed by atoms with E-state index in [0.29, 0.717) is 32.7 Å². The first-order valence-corrected chi connectivity index (χ1v) is 6.39. The molecule has 2 heterocycles. The molecule has 2 fully saturated rings. The largest absolute Gasteiger partial charge is 0.481 e. The fourth-order valence-corrected chi connectivity index (χ4v) is 2.49. The van der Waals surface area contributed by atoms with Gasteiger partial charge in [-0.3, -0.25) is 4.79 Å². The molecule has 2 aliphatic heterocycles. The minimum Gasteiger partial charge on any atom is -0.481 e. The van der Waals surface area contributed by atoms with E-state index in [1.807, 2.05) is 13.8 Å². The Bertz CT molecular complexity index is 347. The van der Waals surface area contributed by atoms with Gasteiger partial charge in [-0.25, -0.2) is 4.79 Å². The molecule has 0 saturated carbocycles. The highest BCUT2D eigenvalue weighted by molar-refractivity contribution is 5.77. The molecule has 3 unspecified atom stereocenters. The fraction of sp³-hybridized carbons (Fsp3) is 0.833. The van der Waals surface area contributed by atoms with Gasteiger partial charge in [0, 0.05) is 19.6 Å². The lowest BCUT2D eigenvalue weighted by molar-refractivity contribution is -0.141. The van der Waals surface area contributed by atoms with Crippen LogP contribution >= 0.6 is 0 Å². The summed E-state index contributed by atoms with van der Waals surface area (Å²) in [6, 6.07) is -0.000946. The molecule has 18 heavy (non-hydrogen) atoms. The van der Waals surface area contributed by atoms with Crippen LogP contribution in [0.25, 0.3) is 0 Å². The Balaban J connectivity index is 1.97. The number of carbonyl (C=O) groups is 2. The van der Waals surface area contributed by atoms with Gasteiger partial charge in [0.05, 0.1) is 24.7 Å². The van der Waals surface area contributed by atoms with Crippen molar-refractivity contribution in [2.24, 2.45) is 5.92 Å². The standard InChI is InChI=1S/C12H20N2O4/c1-8-7-18-9(2)5-14(8)12(17)13-4-3-10(6-13)11(15)16/h8-10H,3-7H2,1-2H3,(H,15,16). The van der Waals surface area contributed by atoms with E-state index >= 15 is 0 Å². The predicted molar refractivity (Wildman–Crippen MR) is 64.3 cm³/mol. The zero-order valence-corrected chi connectivity index (χ0v) is 10.8. The molecule has 3 atom stereocenters. The van der Waals surface area contributed by atoms with Crippen LogP contribution in [0, 0.1) is 5.92 Å². The van der Waals surface area contributed by atoms with Crippen molar-refractivity contribution in [1.82, 2.24) is 9.80 Å². The van der Waals surface area contributed by atoms with E-state index in [1.54, 1.807) is 9.80 Å². The second-order valence-corrected chi connectivity index (χ2v) is 5.20. The van der Waals surface area contributed by atoms with Gasteiger partial charge in [0.2, 0.25) is 0 Å². The minimum absolute atomic E-state index is 0.0445. The molecule has 2 aliphatic rings. The first-order valence-electron chi connectivity index (χ1n) is 6.39. The Kier molecular flexibility index (Phi) is 3.75. The summed E-state index contributed by atoms with van der Waals surface area (Å²) in [5, 5.41) is 8.95. The summed E-state index contributed by atoms with van der Waals surface area (Å²) in [5.41, 5.74) is 0. The molecule has 6 heteroatoms. The van der Waals surface area contributed by atoms with Crippen molar-refractivity contribution in [2.45, 2.75) is 32.4 Å². The number of nitrogens with zero attached hydrogens (tertiary/aromatic N) is 2. The van der Waals surface area contributed by atoms with Gasteiger partial charge in [0.1, 0.15) is 0 Å². The molecule has 0 radical (unpaired) electrons. The number of carbonyl (C=O) groups excluding carboxylic acids is 1. The fourth-order valence-electron chi connectivity index (χ4n) is 2.49. The summed E-state index contributed by atoms with van der Waals surface area (Å²) in [7, 11) is 0. The highest BCUT2D eigenvalue weighted by Crippen LogP contribution is 2.20. The third kappa shape index (κ3) is 2.58. The lowest BCUT2D eigenvalue weighted by Gasteiger charge is -2.38. The number of carboxylic acids is 1. The van der Waals surface area contributed by atoms with E-state index in [-0.39, 0.29) is 18.2 Å². The number of carboxylic acid groups (broad SMARTS) is 1. The number of ether oxygens (including phenoxy) is 1. The molecule has 0 aliphatic carbocycles. The van der Waals surface area contributed by atoms with Gasteiger partial charge >= 0.3 is 12.0 Å². The van der Waals surface area contributed by atoms with Crippen molar-refractivity contribution in [1.29, 1.82) is 0 Å². The van der Waals surface area contributed by atoms with E-state index < -0.39 is 11.9 Å². The zero-order chi connectivity index (χ0) is 13.3. The van der Waals surface area contributed by atoms with Crippen molar-refractivity contribution in [3.05, 3.63) is 0 Å². The molecule has 1 N–H and O–H groups in total. The van der Waals surface area contributed by atoms with Crippen molar-refractivity contribution in [3.63, 3.8) is 0 Å². The molecular weight excluding hydrogens is 236 g/mol. The molecule has 2 amide bonds. The molecule has 0 aromatic carbocycles. The van der Waals surface area contributed by atoms with E-state index in [0.717, 1.165) is 0 Å². The first kappa shape index (κ1) is 13.1. The SMILES string of the molecule is CC1CN(C(=O)N2CCC(C(=O)O)C2)C(C)CO1. The summed E-state index contributed by atoms with van der Waals surface area (Å²) in [6.45, 7) is 5.88. The molecule has 0 spiro atoms. The van der Waals surface area contributed by atoms with Crippen molar-refractivity contribution in [3.8, 4) is 0 Å². The number of rotatable bonds is 1. The average molecular weight is 256 g/mol. The second-order valence-electron chi connectivity index (χ2n) is 5.20. The number of hydrogen-bond acceptors (Lipinski definition) is 3. The number of likely N-dealkylation sites (tertiary alicyclic amines) is 1. The third-order valence-corrected chi connectivity index (χ3v) is 3.66. The quantitative estimate of drug-likeness (QED) is 0.746. The maximum Gasteiger partial charge on any atom is 0.320 e. The smallest absolute Gasteiger partial charge is 0.320 e. The normalized spacial score (nSPS) is 32.7. The summed E-state index contributed by atoms with van der Waals surface area (Å²) >= 11 is 0. The maximum absolute atomic E-state index is 12.3. The van der Waals surface area contributed by atoms with Crippen LogP contribution in [0.4, 0.5) is 4.79 Å². The number of aliphatic carboxylic acids is 1. The molecular formula is C12H20N2O4. The topological polar surface area (TPSA) is 70.1 Å². The van der Waals surface area contributed by atoms with Crippen LogP contribution in [0.3, 0.4) is 0 Å². The molecule has 0 bridgehead atoms. The van der Waals surface area contributed by atoms with E-state index in [4.69, 9.17) is 9.84 Å². The first-order chi connectivity index (χ1) is 8.49. The van der Waals surface area contributed by atoms with Gasteiger partial charge in [0.25, 0.3) is 0 Å². The van der Waals surface area contributed by atoms with Gasteiger partial charge < -0.3 is 19.6 Å². The molecule has 2 saturated heterocycles. The van der Waals surface area contributed by atoms with Crippen LogP contribution < -0.4 is 0 Å². The lowest BCUT2D eigenvalue weighted by atomic mass is 10.1. The summed E-state index contributed by atoms with van der Waals surface area (Å²) < 4.78 is 5.49. The number of hydrogen-bond donors (Lipinski definition) is 1. The third-order valence-electron chi connectivity index (χ3n) is 3.66. The van der Waals surface area contributed by atoms with E-state index in [2.05, 4.69) is 0 Å². The van der Waals surface area contributed by atoms with Crippen LogP contribution in [0.1, 0.15) is 20.3 Å². The van der Waals surface area contributed by atoms with Crippen molar-refractivity contribution >= 4 is 12.0 Å². The second kappa shape index (κ2) is 5.14. The Morgan fingerprint density at radius 1 is 1.28 bits per heavy atom. The van der Waals surface area contributed by atoms with Crippen molar-refractivity contribution in [2.75, 3.05) is 26.2 Å². The highest BCUT2D eigenvalue weighted by Gasteiger charge is 2.36. The number of morpholine rings is 1. The monoisotopic (exact) mass is 256 g/mol. The van der Waals surface area contributed by atoms with Crippen molar-refractivity contribution < 1.29 is 19.4 Å². The molecule has 6 nitrogen and oxygen atoms in total. The summed E-state index contributed by atoms with van der Waals surface area (Å²) in [6.07, 6.45) is 0.595. The number of amides is 2. The Morgan fingerprint density at radius 3 is 2.61 bits per heavy atom. The van der Waals surface area contributed by atoms with E-state index in [1.165, 1.54) is 0 Å². The Morgan fingerprint density at radius 2 is 2.00 bits per heavy atom. The zero-order valence-electron chi connectivity index (χ0n) is 10.8. The molecule has 102 valence electrons. The predicted octanol–water partition coefficient (Wildman–Crippen LogP) is 0.622. The lowest BCUT2D eigenvalue weighted by Crippen LogP contribution is -2.54. The van der Waals surface area contributed by atoms with Gasteiger partial charge in [-0.2, -0.15) is 0 Å². The van der Waals surface area contributed by atoms with Crippen LogP contribution in [0.2, 0.25) is 0 Å². The van der Waals surface area contributed by atoms with Crippen LogP contribution in [-0.2, 0) is 9.53 Å². The van der Waals surface area contributed by atoms with Gasteiger partial charge in [-0.05, 0) is 20.3 Å². The number of urea groups is 1. The summed E-state index contributed by atoms with van der Waals surface area (Å²) in [4.78, 5) is 26.7.